The SMILES string of the molecule is COc1cc(C(=O)O)cc(Cl)c1OC(C)(C)C. The van der Waals surface area contributed by atoms with Crippen molar-refractivity contribution >= 4 is 17.6 Å². The molecule has 17 heavy (non-hydrogen) atoms. The van der Waals surface area contributed by atoms with E-state index < -0.39 is 11.6 Å². The standard InChI is InChI=1S/C12H15ClO4/c1-12(2,3)17-10-8(13)5-7(11(14)15)6-9(10)16-4/h5-6H,1-4H3,(H,14,15). The molecule has 1 aromatic rings. The highest BCUT2D eigenvalue weighted by atomic mass is 35.5. The molecule has 0 saturated heterocycles. The number of carboxylic acids is 1. The zero-order valence-electron chi connectivity index (χ0n) is 10.2. The third-order valence-corrected chi connectivity index (χ3v) is 2.17. The predicted octanol–water partition coefficient (Wildman–Crippen LogP) is 3.22. The molecule has 0 saturated carbocycles. The summed E-state index contributed by atoms with van der Waals surface area (Å²) in [6.07, 6.45) is 0. The van der Waals surface area contributed by atoms with Crippen LogP contribution in [0.3, 0.4) is 0 Å². The molecule has 0 heterocycles. The highest BCUT2D eigenvalue weighted by Crippen LogP contribution is 2.38. The number of rotatable bonds is 3. The van der Waals surface area contributed by atoms with Crippen LogP contribution in [0.25, 0.3) is 0 Å². The highest BCUT2D eigenvalue weighted by molar-refractivity contribution is 6.32. The average molecular weight is 259 g/mol. The fourth-order valence-corrected chi connectivity index (χ4v) is 1.50. The van der Waals surface area contributed by atoms with Crippen LogP contribution < -0.4 is 9.47 Å². The molecule has 0 spiro atoms. The van der Waals surface area contributed by atoms with Gasteiger partial charge in [-0.1, -0.05) is 11.6 Å². The van der Waals surface area contributed by atoms with Gasteiger partial charge in [0.05, 0.1) is 17.7 Å². The topological polar surface area (TPSA) is 55.8 Å². The first kappa shape index (κ1) is 13.6. The van der Waals surface area contributed by atoms with Gasteiger partial charge in [0.2, 0.25) is 0 Å². The number of halogens is 1. The maximum atomic E-state index is 10.9. The van der Waals surface area contributed by atoms with Crippen LogP contribution in [-0.2, 0) is 0 Å². The minimum absolute atomic E-state index is 0.0631. The molecule has 1 rings (SSSR count). The van der Waals surface area contributed by atoms with E-state index in [-0.39, 0.29) is 10.6 Å². The van der Waals surface area contributed by atoms with E-state index in [0.717, 1.165) is 0 Å². The van der Waals surface area contributed by atoms with Crippen molar-refractivity contribution in [1.82, 2.24) is 0 Å². The summed E-state index contributed by atoms with van der Waals surface area (Å²) in [4.78, 5) is 10.9. The van der Waals surface area contributed by atoms with Crippen LogP contribution in [0.15, 0.2) is 12.1 Å². The molecule has 0 aliphatic heterocycles. The van der Waals surface area contributed by atoms with Gasteiger partial charge in [-0.3, -0.25) is 0 Å². The third kappa shape index (κ3) is 3.53. The third-order valence-electron chi connectivity index (χ3n) is 1.88. The summed E-state index contributed by atoms with van der Waals surface area (Å²) >= 11 is 6.00. The van der Waals surface area contributed by atoms with Crippen LogP contribution >= 0.6 is 11.6 Å². The summed E-state index contributed by atoms with van der Waals surface area (Å²) in [5.74, 6) is -0.399. The molecule has 4 nitrogen and oxygen atoms in total. The summed E-state index contributed by atoms with van der Waals surface area (Å²) in [7, 11) is 1.44. The van der Waals surface area contributed by atoms with E-state index in [1.807, 2.05) is 20.8 Å². The predicted molar refractivity (Wildman–Crippen MR) is 65.3 cm³/mol. The minimum Gasteiger partial charge on any atom is -0.493 e. The molecule has 0 aliphatic rings. The second-order valence-corrected chi connectivity index (χ2v) is 4.92. The smallest absolute Gasteiger partial charge is 0.335 e. The van der Waals surface area contributed by atoms with Gasteiger partial charge in [0.1, 0.15) is 5.60 Å². The average Bonchev–Trinajstić information content (AvgIpc) is 2.18. The molecule has 94 valence electrons. The lowest BCUT2D eigenvalue weighted by atomic mass is 10.1. The Bertz CT molecular complexity index is 435. The maximum absolute atomic E-state index is 10.9. The van der Waals surface area contributed by atoms with E-state index in [2.05, 4.69) is 0 Å². The van der Waals surface area contributed by atoms with E-state index in [1.165, 1.54) is 19.2 Å². The number of carboxylic acid groups (broad SMARTS) is 1. The lowest BCUT2D eigenvalue weighted by Gasteiger charge is -2.23. The Morgan fingerprint density at radius 3 is 2.35 bits per heavy atom. The number of hydrogen-bond donors (Lipinski definition) is 1. The quantitative estimate of drug-likeness (QED) is 0.904. The number of methoxy groups -OCH3 is 1. The fraction of sp³-hybridized carbons (Fsp3) is 0.417. The second-order valence-electron chi connectivity index (χ2n) is 4.51. The van der Waals surface area contributed by atoms with E-state index in [9.17, 15) is 4.79 Å². The molecule has 0 atom stereocenters. The van der Waals surface area contributed by atoms with Crippen molar-refractivity contribution < 1.29 is 19.4 Å². The summed E-state index contributed by atoms with van der Waals surface area (Å²) in [6, 6.07) is 2.72. The molecule has 1 aromatic carbocycles. The molecular formula is C12H15ClO4. The molecule has 1 N–H and O–H groups in total. The number of ether oxygens (including phenoxy) is 2. The Morgan fingerprint density at radius 2 is 1.94 bits per heavy atom. The van der Waals surface area contributed by atoms with Gasteiger partial charge in [0, 0.05) is 0 Å². The van der Waals surface area contributed by atoms with Gasteiger partial charge in [-0.05, 0) is 32.9 Å². The number of benzene rings is 1. The number of hydrogen-bond acceptors (Lipinski definition) is 3. The van der Waals surface area contributed by atoms with Gasteiger partial charge in [-0.2, -0.15) is 0 Å². The molecule has 0 aromatic heterocycles. The van der Waals surface area contributed by atoms with Crippen molar-refractivity contribution in [3.8, 4) is 11.5 Å². The van der Waals surface area contributed by atoms with E-state index in [4.69, 9.17) is 26.2 Å². The van der Waals surface area contributed by atoms with Gasteiger partial charge in [0.15, 0.2) is 11.5 Å². The van der Waals surface area contributed by atoms with Gasteiger partial charge in [-0.25, -0.2) is 4.79 Å². The monoisotopic (exact) mass is 258 g/mol. The highest BCUT2D eigenvalue weighted by Gasteiger charge is 2.20. The Hall–Kier alpha value is -1.42. The summed E-state index contributed by atoms with van der Waals surface area (Å²) in [6.45, 7) is 5.61. The Labute approximate surface area is 105 Å². The van der Waals surface area contributed by atoms with Crippen LogP contribution in [0, 0.1) is 0 Å². The Morgan fingerprint density at radius 1 is 1.35 bits per heavy atom. The summed E-state index contributed by atoms with van der Waals surface area (Å²) in [5, 5.41) is 9.12. The lowest BCUT2D eigenvalue weighted by Crippen LogP contribution is -2.23. The first-order chi connectivity index (χ1) is 7.74. The lowest BCUT2D eigenvalue weighted by molar-refractivity contribution is 0.0696. The van der Waals surface area contributed by atoms with Gasteiger partial charge in [-0.15, -0.1) is 0 Å². The first-order valence-corrected chi connectivity index (χ1v) is 5.42. The Kier molecular flexibility index (Phi) is 3.88. The first-order valence-electron chi connectivity index (χ1n) is 5.04. The van der Waals surface area contributed by atoms with Crippen LogP contribution in [0.4, 0.5) is 0 Å². The van der Waals surface area contributed by atoms with E-state index in [1.54, 1.807) is 0 Å². The maximum Gasteiger partial charge on any atom is 0.335 e. The summed E-state index contributed by atoms with van der Waals surface area (Å²) < 4.78 is 10.7. The molecule has 0 amide bonds. The molecule has 5 heteroatoms. The molecule has 0 fully saturated rings. The zero-order chi connectivity index (χ0) is 13.2. The van der Waals surface area contributed by atoms with Crippen molar-refractivity contribution in [1.29, 1.82) is 0 Å². The fourth-order valence-electron chi connectivity index (χ4n) is 1.25. The molecule has 0 aliphatic carbocycles. The zero-order valence-corrected chi connectivity index (χ0v) is 11.0. The van der Waals surface area contributed by atoms with E-state index in [0.29, 0.717) is 11.5 Å². The van der Waals surface area contributed by atoms with Crippen molar-refractivity contribution in [2.45, 2.75) is 26.4 Å². The number of aromatic carboxylic acids is 1. The molecular weight excluding hydrogens is 244 g/mol. The minimum atomic E-state index is -1.06. The number of carbonyl (C=O) groups is 1. The van der Waals surface area contributed by atoms with Crippen molar-refractivity contribution in [3.63, 3.8) is 0 Å². The van der Waals surface area contributed by atoms with Crippen molar-refractivity contribution in [2.75, 3.05) is 7.11 Å². The normalized spacial score (nSPS) is 11.1. The van der Waals surface area contributed by atoms with Crippen molar-refractivity contribution in [3.05, 3.63) is 22.7 Å². The Balaban J connectivity index is 3.26. The van der Waals surface area contributed by atoms with E-state index >= 15 is 0 Å². The van der Waals surface area contributed by atoms with Crippen LogP contribution in [0.5, 0.6) is 11.5 Å². The largest absolute Gasteiger partial charge is 0.493 e. The second kappa shape index (κ2) is 4.84. The van der Waals surface area contributed by atoms with Gasteiger partial charge >= 0.3 is 5.97 Å². The van der Waals surface area contributed by atoms with Gasteiger partial charge in [0.25, 0.3) is 0 Å². The van der Waals surface area contributed by atoms with Gasteiger partial charge < -0.3 is 14.6 Å². The molecule has 0 radical (unpaired) electrons. The molecule has 0 unspecified atom stereocenters. The van der Waals surface area contributed by atoms with Crippen molar-refractivity contribution in [2.24, 2.45) is 0 Å². The van der Waals surface area contributed by atoms with Crippen LogP contribution in [0.2, 0.25) is 5.02 Å². The van der Waals surface area contributed by atoms with Crippen LogP contribution in [0.1, 0.15) is 31.1 Å². The summed E-state index contributed by atoms with van der Waals surface area (Å²) in [5.41, 5.74) is -0.380. The van der Waals surface area contributed by atoms with Crippen LogP contribution in [-0.4, -0.2) is 23.8 Å². The molecule has 0 bridgehead atoms.